The molecule has 0 atom stereocenters. The predicted molar refractivity (Wildman–Crippen MR) is 73.5 cm³/mol. The van der Waals surface area contributed by atoms with Crippen molar-refractivity contribution in [2.75, 3.05) is 6.54 Å². The molecule has 0 unspecified atom stereocenters. The Hall–Kier alpha value is -1.77. The molecule has 1 N–H and O–H groups in total. The third-order valence-electron chi connectivity index (χ3n) is 2.25. The van der Waals surface area contributed by atoms with Crippen LogP contribution in [0, 0.1) is 22.5 Å². The highest BCUT2D eigenvalue weighted by atomic mass is 35.5. The average Bonchev–Trinajstić information content (AvgIpc) is 2.37. The number of nitrogens with one attached hydrogen (secondary N) is 1. The second kappa shape index (κ2) is 6.98. The molecular formula is C12H10Cl2N2O3. The number of halogens is 2. The summed E-state index contributed by atoms with van der Waals surface area (Å²) in [4.78, 5) is 21.8. The molecule has 0 aliphatic rings. The standard InChI is InChI=1S/C12H10Cl2N2O3/c1-2-3-4-5-15-12(17)8-6-9(13)11(14)10(7-8)16(18)19/h1,6-7H,3-5H2,(H,15,17). The van der Waals surface area contributed by atoms with Gasteiger partial charge in [-0.25, -0.2) is 0 Å². The number of nitro benzene ring substituents is 1. The van der Waals surface area contributed by atoms with Crippen LogP contribution in [0.5, 0.6) is 0 Å². The lowest BCUT2D eigenvalue weighted by molar-refractivity contribution is -0.384. The van der Waals surface area contributed by atoms with Gasteiger partial charge < -0.3 is 5.32 Å². The van der Waals surface area contributed by atoms with Gasteiger partial charge in [0.2, 0.25) is 0 Å². The number of nitro groups is 1. The Morgan fingerprint density at radius 3 is 2.74 bits per heavy atom. The van der Waals surface area contributed by atoms with E-state index in [-0.39, 0.29) is 15.6 Å². The fourth-order valence-corrected chi connectivity index (χ4v) is 1.73. The van der Waals surface area contributed by atoms with E-state index in [1.54, 1.807) is 0 Å². The summed E-state index contributed by atoms with van der Waals surface area (Å²) < 4.78 is 0. The molecule has 1 rings (SSSR count). The fourth-order valence-electron chi connectivity index (χ4n) is 1.33. The van der Waals surface area contributed by atoms with Gasteiger partial charge >= 0.3 is 0 Å². The number of amides is 1. The van der Waals surface area contributed by atoms with Gasteiger partial charge in [-0.15, -0.1) is 12.3 Å². The van der Waals surface area contributed by atoms with Gasteiger partial charge in [-0.2, -0.15) is 0 Å². The maximum atomic E-state index is 11.8. The summed E-state index contributed by atoms with van der Waals surface area (Å²) in [6.45, 7) is 0.386. The summed E-state index contributed by atoms with van der Waals surface area (Å²) >= 11 is 11.4. The largest absolute Gasteiger partial charge is 0.352 e. The smallest absolute Gasteiger partial charge is 0.290 e. The summed E-state index contributed by atoms with van der Waals surface area (Å²) in [5.41, 5.74) is -0.315. The SMILES string of the molecule is C#CCCCNC(=O)c1cc(Cl)c(Cl)c([N+](=O)[O-])c1. The zero-order valence-electron chi connectivity index (χ0n) is 9.78. The van der Waals surface area contributed by atoms with Crippen molar-refractivity contribution >= 4 is 34.8 Å². The van der Waals surface area contributed by atoms with Gasteiger partial charge in [0.05, 0.1) is 9.95 Å². The maximum Gasteiger partial charge on any atom is 0.290 e. The molecule has 1 aromatic rings. The van der Waals surface area contributed by atoms with Crippen LogP contribution >= 0.6 is 23.2 Å². The first-order chi connectivity index (χ1) is 8.97. The lowest BCUT2D eigenvalue weighted by Crippen LogP contribution is -2.24. The molecule has 0 aliphatic carbocycles. The number of hydrogen-bond acceptors (Lipinski definition) is 3. The van der Waals surface area contributed by atoms with Gasteiger partial charge in [-0.05, 0) is 12.5 Å². The molecule has 0 aromatic heterocycles. The normalized spacial score (nSPS) is 9.74. The maximum absolute atomic E-state index is 11.8. The molecule has 19 heavy (non-hydrogen) atoms. The molecule has 5 nitrogen and oxygen atoms in total. The molecule has 0 bridgehead atoms. The highest BCUT2D eigenvalue weighted by molar-refractivity contribution is 6.43. The van der Waals surface area contributed by atoms with E-state index < -0.39 is 16.5 Å². The zero-order chi connectivity index (χ0) is 14.4. The molecule has 0 heterocycles. The van der Waals surface area contributed by atoms with Crippen LogP contribution in [0.15, 0.2) is 12.1 Å². The zero-order valence-corrected chi connectivity index (χ0v) is 11.3. The Labute approximate surface area is 120 Å². The van der Waals surface area contributed by atoms with Crippen LogP contribution in [-0.4, -0.2) is 17.4 Å². The predicted octanol–water partition coefficient (Wildman–Crippen LogP) is 3.04. The Balaban J connectivity index is 2.87. The van der Waals surface area contributed by atoms with Crippen molar-refractivity contribution in [2.45, 2.75) is 12.8 Å². The molecule has 1 aromatic carbocycles. The number of unbranched alkanes of at least 4 members (excludes halogenated alkanes) is 1. The van der Waals surface area contributed by atoms with Crippen molar-refractivity contribution in [2.24, 2.45) is 0 Å². The Morgan fingerprint density at radius 1 is 1.47 bits per heavy atom. The molecule has 7 heteroatoms. The Kier molecular flexibility index (Phi) is 5.61. The van der Waals surface area contributed by atoms with E-state index in [0.29, 0.717) is 19.4 Å². The fraction of sp³-hybridized carbons (Fsp3) is 0.250. The van der Waals surface area contributed by atoms with Crippen molar-refractivity contribution in [1.29, 1.82) is 0 Å². The van der Waals surface area contributed by atoms with Crippen LogP contribution < -0.4 is 5.32 Å². The highest BCUT2D eigenvalue weighted by Crippen LogP contribution is 2.32. The van der Waals surface area contributed by atoms with Crippen molar-refractivity contribution in [3.05, 3.63) is 37.9 Å². The van der Waals surface area contributed by atoms with E-state index in [4.69, 9.17) is 29.6 Å². The second-order valence-electron chi connectivity index (χ2n) is 3.61. The van der Waals surface area contributed by atoms with Gasteiger partial charge in [0.25, 0.3) is 11.6 Å². The monoisotopic (exact) mass is 300 g/mol. The van der Waals surface area contributed by atoms with E-state index in [2.05, 4.69) is 11.2 Å². The van der Waals surface area contributed by atoms with Gasteiger partial charge in [0.15, 0.2) is 0 Å². The lowest BCUT2D eigenvalue weighted by Gasteiger charge is -2.05. The molecule has 0 spiro atoms. The summed E-state index contributed by atoms with van der Waals surface area (Å²) in [5.74, 6) is 1.98. The minimum Gasteiger partial charge on any atom is -0.352 e. The van der Waals surface area contributed by atoms with E-state index in [9.17, 15) is 14.9 Å². The molecule has 0 saturated heterocycles. The first-order valence-corrected chi connectivity index (χ1v) is 6.08. The second-order valence-corrected chi connectivity index (χ2v) is 4.40. The average molecular weight is 301 g/mol. The first-order valence-electron chi connectivity index (χ1n) is 5.32. The van der Waals surface area contributed by atoms with Gasteiger partial charge in [-0.1, -0.05) is 23.2 Å². The minimum absolute atomic E-state index is 0.0374. The quantitative estimate of drug-likeness (QED) is 0.393. The molecule has 0 saturated carbocycles. The summed E-state index contributed by atoms with van der Waals surface area (Å²) in [7, 11) is 0. The molecule has 1 amide bonds. The van der Waals surface area contributed by atoms with Crippen LogP contribution in [-0.2, 0) is 0 Å². The van der Waals surface area contributed by atoms with E-state index in [1.807, 2.05) is 0 Å². The molecule has 0 aliphatic heterocycles. The molecular weight excluding hydrogens is 291 g/mol. The van der Waals surface area contributed by atoms with Gasteiger partial charge in [0.1, 0.15) is 5.02 Å². The summed E-state index contributed by atoms with van der Waals surface area (Å²) in [5, 5.41) is 13.1. The lowest BCUT2D eigenvalue weighted by atomic mass is 10.2. The van der Waals surface area contributed by atoms with E-state index in [0.717, 1.165) is 6.07 Å². The summed E-state index contributed by atoms with van der Waals surface area (Å²) in [6.07, 6.45) is 6.25. The first kappa shape index (κ1) is 15.3. The van der Waals surface area contributed by atoms with Crippen LogP contribution in [0.3, 0.4) is 0 Å². The summed E-state index contributed by atoms with van der Waals surface area (Å²) in [6, 6.07) is 2.37. The van der Waals surface area contributed by atoms with Crippen LogP contribution in [0.1, 0.15) is 23.2 Å². The highest BCUT2D eigenvalue weighted by Gasteiger charge is 2.19. The van der Waals surface area contributed by atoms with Gasteiger partial charge in [-0.3, -0.25) is 14.9 Å². The van der Waals surface area contributed by atoms with Crippen LogP contribution in [0.4, 0.5) is 5.69 Å². The number of carbonyl (C=O) groups is 1. The Morgan fingerprint density at radius 2 is 2.16 bits per heavy atom. The van der Waals surface area contributed by atoms with Crippen molar-refractivity contribution in [3.8, 4) is 12.3 Å². The van der Waals surface area contributed by atoms with Crippen molar-refractivity contribution in [3.63, 3.8) is 0 Å². The third kappa shape index (κ3) is 4.12. The number of benzene rings is 1. The number of hydrogen-bond donors (Lipinski definition) is 1. The van der Waals surface area contributed by atoms with E-state index in [1.165, 1.54) is 6.07 Å². The number of carbonyl (C=O) groups excluding carboxylic acids is 1. The molecule has 0 radical (unpaired) electrons. The molecule has 0 fully saturated rings. The Bertz CT molecular complexity index is 553. The molecule has 100 valence electrons. The minimum atomic E-state index is -0.691. The van der Waals surface area contributed by atoms with Crippen molar-refractivity contribution < 1.29 is 9.72 Å². The number of nitrogens with zero attached hydrogens (tertiary/aromatic N) is 1. The number of rotatable bonds is 5. The van der Waals surface area contributed by atoms with Crippen LogP contribution in [0.2, 0.25) is 10.0 Å². The number of terminal acetylenes is 1. The third-order valence-corrected chi connectivity index (χ3v) is 3.04. The van der Waals surface area contributed by atoms with Gasteiger partial charge in [0, 0.05) is 24.6 Å². The topological polar surface area (TPSA) is 72.2 Å². The van der Waals surface area contributed by atoms with E-state index >= 15 is 0 Å². The van der Waals surface area contributed by atoms with Crippen molar-refractivity contribution in [1.82, 2.24) is 5.32 Å². The van der Waals surface area contributed by atoms with Crippen LogP contribution in [0.25, 0.3) is 0 Å².